The molecule has 13 heteroatoms. The molecular weight excluding hydrogens is 539 g/mol. The predicted molar refractivity (Wildman–Crippen MR) is 142 cm³/mol. The normalized spacial score (nSPS) is 11.5. The third-order valence-corrected chi connectivity index (χ3v) is 6.55. The molecule has 0 saturated carbocycles. The van der Waals surface area contributed by atoms with Crippen LogP contribution >= 0.6 is 7.60 Å². The summed E-state index contributed by atoms with van der Waals surface area (Å²) in [5, 5.41) is 2.81. The second-order valence-electron chi connectivity index (χ2n) is 9.36. The summed E-state index contributed by atoms with van der Waals surface area (Å²) in [5.41, 5.74) is 0.932. The van der Waals surface area contributed by atoms with E-state index < -0.39 is 13.9 Å². The van der Waals surface area contributed by atoms with Gasteiger partial charge in [0, 0.05) is 13.0 Å². The average molecular weight is 582 g/mol. The monoisotopic (exact) mass is 581 g/mol. The standard InChI is InChI=1S/C26H44N5O5P.2Na/c1-2-3-4-5-6-7-8-9-10-11-12-13-14-15-16-17-23(32)30-25-24-26(28-20-27-25)31(21-29-24)18-19-36-22-37(33,34)35;;/h9-10,20-21H,2-8,11-19,22H2,1H3,(H2,33,34,35)(H,27,28,30,32);;/q;2*+1/p-2/b10-9-;;. The van der Waals surface area contributed by atoms with Crippen LogP contribution in [0.5, 0.6) is 0 Å². The first-order chi connectivity index (χ1) is 17.9. The number of carbonyl (C=O) groups excluding carboxylic acids is 1. The van der Waals surface area contributed by atoms with Crippen molar-refractivity contribution in [2.24, 2.45) is 0 Å². The molecule has 0 aromatic carbocycles. The van der Waals surface area contributed by atoms with Crippen LogP contribution in [0.4, 0.5) is 5.82 Å². The zero-order chi connectivity index (χ0) is 26.8. The zero-order valence-electron chi connectivity index (χ0n) is 24.1. The van der Waals surface area contributed by atoms with Gasteiger partial charge in [-0.3, -0.25) is 4.79 Å². The number of ether oxygens (including phenoxy) is 1. The molecule has 0 aliphatic rings. The van der Waals surface area contributed by atoms with Crippen molar-refractivity contribution in [1.82, 2.24) is 19.5 Å². The first-order valence-corrected chi connectivity index (χ1v) is 15.3. The van der Waals surface area contributed by atoms with Crippen molar-refractivity contribution in [1.29, 1.82) is 0 Å². The van der Waals surface area contributed by atoms with Crippen molar-refractivity contribution in [3.63, 3.8) is 0 Å². The number of anilines is 1. The summed E-state index contributed by atoms with van der Waals surface area (Å²) >= 11 is 0. The van der Waals surface area contributed by atoms with Gasteiger partial charge in [-0.2, -0.15) is 0 Å². The zero-order valence-corrected chi connectivity index (χ0v) is 29.0. The molecule has 0 saturated heterocycles. The molecule has 208 valence electrons. The van der Waals surface area contributed by atoms with Gasteiger partial charge in [0.2, 0.25) is 5.91 Å². The van der Waals surface area contributed by atoms with Crippen molar-refractivity contribution < 1.29 is 83.0 Å². The molecular formula is C26H42N5Na2O5P. The van der Waals surface area contributed by atoms with Crippen molar-refractivity contribution in [2.75, 3.05) is 18.3 Å². The molecule has 2 heterocycles. The molecule has 0 fully saturated rings. The van der Waals surface area contributed by atoms with Gasteiger partial charge >= 0.3 is 59.1 Å². The minimum Gasteiger partial charge on any atom is -0.809 e. The smallest absolute Gasteiger partial charge is 0.809 e. The first-order valence-electron chi connectivity index (χ1n) is 13.6. The van der Waals surface area contributed by atoms with Gasteiger partial charge < -0.3 is 29.0 Å². The Labute approximate surface area is 277 Å². The largest absolute Gasteiger partial charge is 1.00 e. The topological polar surface area (TPSA) is 145 Å². The molecule has 2 aromatic heterocycles. The number of aromatic nitrogens is 4. The van der Waals surface area contributed by atoms with E-state index in [9.17, 15) is 19.1 Å². The van der Waals surface area contributed by atoms with Crippen LogP contribution in [0.15, 0.2) is 24.8 Å². The Hall–Kier alpha value is -0.130. The van der Waals surface area contributed by atoms with Crippen molar-refractivity contribution >= 4 is 30.5 Å². The molecule has 2 aromatic rings. The van der Waals surface area contributed by atoms with E-state index in [-0.39, 0.29) is 78.2 Å². The summed E-state index contributed by atoms with van der Waals surface area (Å²) in [6.45, 7) is 2.52. The van der Waals surface area contributed by atoms with Crippen LogP contribution in [0.3, 0.4) is 0 Å². The van der Waals surface area contributed by atoms with E-state index in [0.717, 1.165) is 25.7 Å². The molecule has 10 nitrogen and oxygen atoms in total. The molecule has 2 rings (SSSR count). The molecule has 0 atom stereocenters. The minimum atomic E-state index is -4.70. The van der Waals surface area contributed by atoms with Crippen molar-refractivity contribution in [3.05, 3.63) is 24.8 Å². The van der Waals surface area contributed by atoms with Crippen LogP contribution in [0.1, 0.15) is 96.8 Å². The molecule has 0 spiro atoms. The Balaban J connectivity index is 0.00000722. The molecule has 1 N–H and O–H groups in total. The van der Waals surface area contributed by atoms with Gasteiger partial charge in [-0.1, -0.05) is 70.4 Å². The van der Waals surface area contributed by atoms with Gasteiger partial charge in [0.25, 0.3) is 0 Å². The maximum absolute atomic E-state index is 12.4. The van der Waals surface area contributed by atoms with E-state index in [0.29, 0.717) is 23.4 Å². The molecule has 0 unspecified atom stereocenters. The quantitative estimate of drug-likeness (QED) is 0.0829. The van der Waals surface area contributed by atoms with E-state index in [1.807, 2.05) is 0 Å². The Kier molecular flexibility index (Phi) is 23.4. The van der Waals surface area contributed by atoms with E-state index in [4.69, 9.17) is 4.74 Å². The van der Waals surface area contributed by atoms with Gasteiger partial charge in [-0.05, 0) is 39.7 Å². The second-order valence-corrected chi connectivity index (χ2v) is 10.8. The second kappa shape index (κ2) is 23.4. The first kappa shape index (κ1) is 38.9. The van der Waals surface area contributed by atoms with Crippen LogP contribution < -0.4 is 74.2 Å². The Bertz CT molecular complexity index is 1000. The predicted octanol–water partition coefficient (Wildman–Crippen LogP) is -1.30. The fourth-order valence-electron chi connectivity index (χ4n) is 4.03. The Morgan fingerprint density at radius 3 is 2.21 bits per heavy atom. The van der Waals surface area contributed by atoms with E-state index in [2.05, 4.69) is 39.3 Å². The Morgan fingerprint density at radius 2 is 1.56 bits per heavy atom. The minimum absolute atomic E-state index is 0. The number of unbranched alkanes of at least 4 members (excludes halogenated alkanes) is 11. The fourth-order valence-corrected chi connectivity index (χ4v) is 4.38. The van der Waals surface area contributed by atoms with Crippen LogP contribution in [0.2, 0.25) is 0 Å². The number of nitrogens with one attached hydrogen (secondary N) is 1. The number of fused-ring (bicyclic) bond motifs is 1. The summed E-state index contributed by atoms with van der Waals surface area (Å²) in [5.74, 6) is 0.225. The molecule has 0 aliphatic carbocycles. The third kappa shape index (κ3) is 18.1. The fraction of sp³-hybridized carbons (Fsp3) is 0.692. The van der Waals surface area contributed by atoms with Crippen LogP contribution in [0, 0.1) is 0 Å². The maximum Gasteiger partial charge on any atom is 1.00 e. The summed E-state index contributed by atoms with van der Waals surface area (Å²) in [7, 11) is -4.70. The number of hydrogen-bond donors (Lipinski definition) is 1. The van der Waals surface area contributed by atoms with Gasteiger partial charge in [0.1, 0.15) is 6.33 Å². The molecule has 0 radical (unpaired) electrons. The van der Waals surface area contributed by atoms with Gasteiger partial charge in [-0.25, -0.2) is 15.0 Å². The van der Waals surface area contributed by atoms with Gasteiger partial charge in [0.05, 0.1) is 19.3 Å². The van der Waals surface area contributed by atoms with Gasteiger partial charge in [-0.15, -0.1) is 0 Å². The third-order valence-electron chi connectivity index (χ3n) is 6.05. The number of rotatable bonds is 21. The number of carbonyl (C=O) groups is 1. The van der Waals surface area contributed by atoms with E-state index in [1.54, 1.807) is 4.57 Å². The van der Waals surface area contributed by atoms with Gasteiger partial charge in [0.15, 0.2) is 17.0 Å². The van der Waals surface area contributed by atoms with Crippen LogP contribution in [0.25, 0.3) is 11.2 Å². The van der Waals surface area contributed by atoms with E-state index >= 15 is 0 Å². The van der Waals surface area contributed by atoms with Crippen molar-refractivity contribution in [3.8, 4) is 0 Å². The molecule has 39 heavy (non-hydrogen) atoms. The average Bonchev–Trinajstić information content (AvgIpc) is 3.28. The van der Waals surface area contributed by atoms with Crippen LogP contribution in [-0.4, -0.2) is 38.4 Å². The SMILES string of the molecule is CCCCCCCC/C=C\CCCCCCCC(=O)Nc1ncnc2c1ncn2CCOCP(=O)([O-])[O-].[Na+].[Na+]. The Morgan fingerprint density at radius 1 is 0.949 bits per heavy atom. The van der Waals surface area contributed by atoms with Crippen molar-refractivity contribution in [2.45, 2.75) is 103 Å². The summed E-state index contributed by atoms with van der Waals surface area (Å²) < 4.78 is 17.2. The number of amides is 1. The number of hydrogen-bond acceptors (Lipinski definition) is 8. The molecule has 1 amide bonds. The van der Waals surface area contributed by atoms with Crippen LogP contribution in [-0.2, 0) is 20.6 Å². The summed E-state index contributed by atoms with van der Waals surface area (Å²) in [4.78, 5) is 46.2. The number of nitrogens with zero attached hydrogens (tertiary/aromatic N) is 4. The van der Waals surface area contributed by atoms with E-state index in [1.165, 1.54) is 70.4 Å². The molecule has 0 bridgehead atoms. The summed E-state index contributed by atoms with van der Waals surface area (Å²) in [6.07, 6.45) is 22.8. The summed E-state index contributed by atoms with van der Waals surface area (Å²) in [6, 6.07) is 0. The maximum atomic E-state index is 12.4. The molecule has 0 aliphatic heterocycles. The number of allylic oxidation sites excluding steroid dienone is 2. The number of imidazole rings is 1.